The van der Waals surface area contributed by atoms with Crippen molar-refractivity contribution in [2.75, 3.05) is 0 Å². The van der Waals surface area contributed by atoms with Crippen molar-refractivity contribution >= 4 is 7.82 Å². The summed E-state index contributed by atoms with van der Waals surface area (Å²) in [7, 11) is -3.93. The molecule has 3 aromatic carbocycles. The molecule has 0 spiro atoms. The van der Waals surface area contributed by atoms with Crippen LogP contribution in [0.2, 0.25) is 0 Å². The highest BCUT2D eigenvalue weighted by atomic mass is 31.2. The van der Waals surface area contributed by atoms with E-state index >= 15 is 0 Å². The molecule has 0 heterocycles. The summed E-state index contributed by atoms with van der Waals surface area (Å²) in [5.74, 6) is 1.24. The lowest BCUT2D eigenvalue weighted by Gasteiger charge is -2.19. The predicted molar refractivity (Wildman–Crippen MR) is 113 cm³/mol. The first kappa shape index (κ1) is 21.9. The number of hydrogen-bond donors (Lipinski definition) is 1. The number of nitrogens with zero attached hydrogens (tertiary/aromatic N) is 1. The molecule has 0 unspecified atom stereocenters. The highest BCUT2D eigenvalue weighted by Gasteiger charge is 2.33. The molecule has 0 saturated heterocycles. The Hall–Kier alpha value is -3.42. The molecular formula is C22H23N2O4P. The van der Waals surface area contributed by atoms with E-state index in [4.69, 9.17) is 18.8 Å². The van der Waals surface area contributed by atoms with Gasteiger partial charge in [-0.3, -0.25) is 0 Å². The maximum Gasteiger partial charge on any atom is 0.647 e. The molecule has 0 aliphatic rings. The molecule has 0 amide bonds. The van der Waals surface area contributed by atoms with Gasteiger partial charge in [0.1, 0.15) is 17.2 Å². The zero-order chi connectivity index (χ0) is 21.3. The smallest absolute Gasteiger partial charge is 0.386 e. The first-order valence-electron chi connectivity index (χ1n) is 8.82. The van der Waals surface area contributed by atoms with Crippen molar-refractivity contribution in [3.05, 3.63) is 89.5 Å². The Kier molecular flexibility index (Phi) is 7.70. The van der Waals surface area contributed by atoms with Crippen LogP contribution in [-0.4, -0.2) is 0 Å². The van der Waals surface area contributed by atoms with Crippen LogP contribution in [0.5, 0.6) is 17.2 Å². The van der Waals surface area contributed by atoms with Crippen molar-refractivity contribution in [3.8, 4) is 23.4 Å². The lowest BCUT2D eigenvalue weighted by atomic mass is 10.2. The van der Waals surface area contributed by atoms with E-state index in [9.17, 15) is 4.57 Å². The third kappa shape index (κ3) is 7.25. The number of nitriles is 1. The predicted octanol–water partition coefficient (Wildman–Crippen LogP) is 5.68. The first-order valence-corrected chi connectivity index (χ1v) is 10.3. The van der Waals surface area contributed by atoms with E-state index < -0.39 is 7.82 Å². The standard InChI is InChI=1S/C21H21O4P.CH2N2/c1-16-4-10-19(11-5-16)23-26(22,24-20-12-6-17(2)7-13-20)25-21-14-8-18(3)9-15-21;2-1-3/h4-15H,1-3H3;2H2. The number of nitrogens with two attached hydrogens (primary N) is 1. The number of phosphoric ester groups is 1. The SMILES string of the molecule is Cc1ccc(OP(=O)(Oc2ccc(C)cc2)Oc2ccc(C)cc2)cc1.N#CN. The maximum atomic E-state index is 13.3. The second-order valence-electron chi connectivity index (χ2n) is 6.29. The fourth-order valence-electron chi connectivity index (χ4n) is 2.24. The number of phosphoric acid groups is 1. The van der Waals surface area contributed by atoms with Crippen LogP contribution in [0.25, 0.3) is 0 Å². The average molecular weight is 410 g/mol. The summed E-state index contributed by atoms with van der Waals surface area (Å²) in [5, 5.41) is 7.10. The van der Waals surface area contributed by atoms with Gasteiger partial charge in [0.05, 0.1) is 0 Å². The largest absolute Gasteiger partial charge is 0.647 e. The van der Waals surface area contributed by atoms with Crippen LogP contribution in [-0.2, 0) is 4.57 Å². The molecule has 150 valence electrons. The summed E-state index contributed by atoms with van der Waals surface area (Å²) in [6.07, 6.45) is 1.25. The van der Waals surface area contributed by atoms with Gasteiger partial charge in [-0.05, 0) is 57.2 Å². The van der Waals surface area contributed by atoms with Crippen molar-refractivity contribution in [1.29, 1.82) is 5.26 Å². The highest BCUT2D eigenvalue weighted by Crippen LogP contribution is 2.49. The molecule has 6 nitrogen and oxygen atoms in total. The van der Waals surface area contributed by atoms with Crippen molar-refractivity contribution in [2.45, 2.75) is 20.8 Å². The zero-order valence-corrected chi connectivity index (χ0v) is 17.4. The fraction of sp³-hybridized carbons (Fsp3) is 0.136. The summed E-state index contributed by atoms with van der Waals surface area (Å²) in [6.45, 7) is 5.90. The summed E-state index contributed by atoms with van der Waals surface area (Å²) in [5.41, 5.74) is 7.38. The molecule has 0 aliphatic carbocycles. The van der Waals surface area contributed by atoms with E-state index in [0.29, 0.717) is 17.2 Å². The summed E-state index contributed by atoms with van der Waals surface area (Å²) in [6, 6.07) is 21.6. The Morgan fingerprint density at radius 3 is 1.07 bits per heavy atom. The van der Waals surface area contributed by atoms with Crippen molar-refractivity contribution in [3.63, 3.8) is 0 Å². The van der Waals surface area contributed by atoms with E-state index in [2.05, 4.69) is 5.73 Å². The van der Waals surface area contributed by atoms with E-state index in [1.165, 1.54) is 6.19 Å². The Balaban J connectivity index is 0.000000941. The molecule has 3 aromatic rings. The molecule has 0 fully saturated rings. The van der Waals surface area contributed by atoms with Gasteiger partial charge in [-0.1, -0.05) is 53.1 Å². The molecule has 0 radical (unpaired) electrons. The van der Waals surface area contributed by atoms with Gasteiger partial charge in [0, 0.05) is 0 Å². The molecule has 0 aliphatic heterocycles. The summed E-state index contributed by atoms with van der Waals surface area (Å²) in [4.78, 5) is 0. The molecular weight excluding hydrogens is 387 g/mol. The topological polar surface area (TPSA) is 94.6 Å². The van der Waals surface area contributed by atoms with Gasteiger partial charge in [-0.2, -0.15) is 9.83 Å². The lowest BCUT2D eigenvalue weighted by Crippen LogP contribution is -2.07. The molecule has 0 bridgehead atoms. The van der Waals surface area contributed by atoms with E-state index in [0.717, 1.165) is 16.7 Å². The van der Waals surface area contributed by atoms with Crippen LogP contribution in [0.1, 0.15) is 16.7 Å². The van der Waals surface area contributed by atoms with Crippen molar-refractivity contribution in [2.24, 2.45) is 5.73 Å². The zero-order valence-electron chi connectivity index (χ0n) is 16.5. The van der Waals surface area contributed by atoms with Crippen LogP contribution in [0.15, 0.2) is 72.8 Å². The summed E-state index contributed by atoms with van der Waals surface area (Å²) < 4.78 is 30.2. The monoisotopic (exact) mass is 410 g/mol. The van der Waals surface area contributed by atoms with Gasteiger partial charge < -0.3 is 19.3 Å². The average Bonchev–Trinajstić information content (AvgIpc) is 2.68. The van der Waals surface area contributed by atoms with Gasteiger partial charge in [-0.25, -0.2) is 0 Å². The molecule has 0 aromatic heterocycles. The van der Waals surface area contributed by atoms with Crippen LogP contribution in [0.4, 0.5) is 0 Å². The third-order valence-corrected chi connectivity index (χ3v) is 5.02. The second kappa shape index (κ2) is 10.2. The normalized spacial score (nSPS) is 10.1. The van der Waals surface area contributed by atoms with Crippen LogP contribution in [0, 0.1) is 32.2 Å². The number of hydrogen-bond acceptors (Lipinski definition) is 6. The first-order chi connectivity index (χ1) is 13.8. The van der Waals surface area contributed by atoms with Crippen LogP contribution in [0.3, 0.4) is 0 Å². The van der Waals surface area contributed by atoms with Gasteiger partial charge in [0.15, 0.2) is 6.19 Å². The number of rotatable bonds is 6. The molecule has 0 saturated carbocycles. The molecule has 7 heteroatoms. The quantitative estimate of drug-likeness (QED) is 0.319. The van der Waals surface area contributed by atoms with Crippen molar-refractivity contribution < 1.29 is 18.1 Å². The maximum absolute atomic E-state index is 13.3. The Morgan fingerprint density at radius 1 is 0.655 bits per heavy atom. The van der Waals surface area contributed by atoms with Crippen LogP contribution < -0.4 is 19.3 Å². The minimum Gasteiger partial charge on any atom is -0.386 e. The second-order valence-corrected chi connectivity index (χ2v) is 7.73. The Morgan fingerprint density at radius 2 is 0.862 bits per heavy atom. The lowest BCUT2D eigenvalue weighted by molar-refractivity contribution is 0.298. The molecule has 29 heavy (non-hydrogen) atoms. The highest BCUT2D eigenvalue weighted by molar-refractivity contribution is 7.49. The number of benzene rings is 3. The molecule has 2 N–H and O–H groups in total. The van der Waals surface area contributed by atoms with Gasteiger partial charge in [-0.15, -0.1) is 0 Å². The van der Waals surface area contributed by atoms with Crippen molar-refractivity contribution in [1.82, 2.24) is 0 Å². The van der Waals surface area contributed by atoms with E-state index in [1.807, 2.05) is 57.2 Å². The Bertz CT molecular complexity index is 873. The minimum absolute atomic E-state index is 0.415. The Labute approximate surface area is 171 Å². The fourth-order valence-corrected chi connectivity index (χ4v) is 3.49. The van der Waals surface area contributed by atoms with Gasteiger partial charge >= 0.3 is 7.82 Å². The van der Waals surface area contributed by atoms with Gasteiger partial charge in [0.25, 0.3) is 0 Å². The minimum atomic E-state index is -3.93. The van der Waals surface area contributed by atoms with Gasteiger partial charge in [0.2, 0.25) is 0 Å². The third-order valence-electron chi connectivity index (χ3n) is 3.71. The summed E-state index contributed by atoms with van der Waals surface area (Å²) >= 11 is 0. The van der Waals surface area contributed by atoms with E-state index in [1.54, 1.807) is 36.4 Å². The van der Waals surface area contributed by atoms with E-state index in [-0.39, 0.29) is 0 Å². The number of aryl methyl sites for hydroxylation is 3. The van der Waals surface area contributed by atoms with Crippen LogP contribution >= 0.6 is 7.82 Å². The molecule has 0 atom stereocenters. The molecule has 3 rings (SSSR count).